The minimum Gasteiger partial charge on any atom is -0.451 e. The molecule has 1 unspecified atom stereocenters. The van der Waals surface area contributed by atoms with Crippen LogP contribution >= 0.6 is 0 Å². The summed E-state index contributed by atoms with van der Waals surface area (Å²) in [5.41, 5.74) is 4.28. The highest BCUT2D eigenvalue weighted by atomic mass is 16.5. The lowest BCUT2D eigenvalue weighted by Crippen LogP contribution is -2.27. The monoisotopic (exact) mass is 326 g/mol. The summed E-state index contributed by atoms with van der Waals surface area (Å²) in [6.07, 6.45) is 1.27. The maximum absolute atomic E-state index is 11.9. The van der Waals surface area contributed by atoms with E-state index < -0.39 is 12.1 Å². The Morgan fingerprint density at radius 1 is 1.29 bits per heavy atom. The van der Waals surface area contributed by atoms with Crippen LogP contribution in [0.4, 0.5) is 4.79 Å². The number of benzene rings is 1. The molecule has 4 rings (SSSR count). The van der Waals surface area contributed by atoms with Gasteiger partial charge in [-0.1, -0.05) is 18.2 Å². The van der Waals surface area contributed by atoms with E-state index in [1.54, 1.807) is 6.92 Å². The van der Waals surface area contributed by atoms with E-state index >= 15 is 0 Å². The summed E-state index contributed by atoms with van der Waals surface area (Å²) >= 11 is 0. The SMILES string of the molecule is Cc1c(C2=NNC(=CN3C(=O)NC(C)C3=O)O2)oc2ccccc12. The number of ether oxygens (including phenoxy) is 1. The Balaban J connectivity index is 1.60. The normalized spacial score (nSPS) is 21.9. The highest BCUT2D eigenvalue weighted by molar-refractivity contribution is 6.05. The Hall–Kier alpha value is -3.29. The Morgan fingerprint density at radius 3 is 2.79 bits per heavy atom. The first kappa shape index (κ1) is 14.3. The van der Waals surface area contributed by atoms with E-state index in [1.165, 1.54) is 6.20 Å². The van der Waals surface area contributed by atoms with Gasteiger partial charge in [0.25, 0.3) is 11.8 Å². The summed E-state index contributed by atoms with van der Waals surface area (Å²) < 4.78 is 11.4. The van der Waals surface area contributed by atoms with Gasteiger partial charge in [0.1, 0.15) is 11.6 Å². The van der Waals surface area contributed by atoms with Crippen molar-refractivity contribution >= 4 is 28.8 Å². The summed E-state index contributed by atoms with van der Waals surface area (Å²) in [4.78, 5) is 24.6. The average Bonchev–Trinajstić information content (AvgIpc) is 3.22. The predicted octanol–water partition coefficient (Wildman–Crippen LogP) is 1.76. The van der Waals surface area contributed by atoms with Crippen LogP contribution < -0.4 is 10.7 Å². The Kier molecular flexibility index (Phi) is 3.05. The van der Waals surface area contributed by atoms with E-state index in [0.717, 1.165) is 21.4 Å². The number of hydrazone groups is 1. The lowest BCUT2D eigenvalue weighted by molar-refractivity contribution is -0.125. The second-order valence-corrected chi connectivity index (χ2v) is 5.56. The number of carbonyl (C=O) groups excluding carboxylic acids is 2. The van der Waals surface area contributed by atoms with Crippen molar-refractivity contribution in [3.63, 3.8) is 0 Å². The molecule has 2 aliphatic rings. The third-order valence-corrected chi connectivity index (χ3v) is 3.93. The second-order valence-electron chi connectivity index (χ2n) is 5.56. The lowest BCUT2D eigenvalue weighted by Gasteiger charge is -2.07. The summed E-state index contributed by atoms with van der Waals surface area (Å²) in [6, 6.07) is 6.56. The number of fused-ring (bicyclic) bond motifs is 1. The van der Waals surface area contributed by atoms with Gasteiger partial charge in [-0.3, -0.25) is 4.79 Å². The quantitative estimate of drug-likeness (QED) is 0.820. The zero-order valence-electron chi connectivity index (χ0n) is 13.0. The molecule has 1 fully saturated rings. The van der Waals surface area contributed by atoms with Crippen LogP contribution in [-0.4, -0.2) is 28.8 Å². The Bertz CT molecular complexity index is 927. The van der Waals surface area contributed by atoms with E-state index in [0.29, 0.717) is 5.76 Å². The number of nitrogens with zero attached hydrogens (tertiary/aromatic N) is 2. The van der Waals surface area contributed by atoms with Gasteiger partial charge >= 0.3 is 6.03 Å². The number of aryl methyl sites for hydroxylation is 1. The van der Waals surface area contributed by atoms with Crippen LogP contribution in [-0.2, 0) is 9.53 Å². The molecule has 0 bridgehead atoms. The molecule has 122 valence electrons. The van der Waals surface area contributed by atoms with E-state index in [2.05, 4.69) is 15.8 Å². The average molecular weight is 326 g/mol. The number of hydrogen-bond acceptors (Lipinski definition) is 6. The maximum Gasteiger partial charge on any atom is 0.329 e. The molecule has 3 amide bonds. The number of hydrogen-bond donors (Lipinski definition) is 2. The molecule has 8 nitrogen and oxygen atoms in total. The predicted molar refractivity (Wildman–Crippen MR) is 84.6 cm³/mol. The van der Waals surface area contributed by atoms with Crippen molar-refractivity contribution in [1.29, 1.82) is 0 Å². The third kappa shape index (κ3) is 2.11. The summed E-state index contributed by atoms with van der Waals surface area (Å²) in [6.45, 7) is 3.52. The molecule has 1 aromatic carbocycles. The Morgan fingerprint density at radius 2 is 2.08 bits per heavy atom. The number of urea groups is 1. The van der Waals surface area contributed by atoms with E-state index in [-0.39, 0.29) is 17.7 Å². The molecule has 0 aliphatic carbocycles. The molecular weight excluding hydrogens is 312 g/mol. The second kappa shape index (κ2) is 5.12. The molecule has 3 heterocycles. The number of amides is 3. The zero-order chi connectivity index (χ0) is 16.8. The van der Waals surface area contributed by atoms with Gasteiger partial charge in [0.2, 0.25) is 5.88 Å². The van der Waals surface area contributed by atoms with Gasteiger partial charge in [0.05, 0.1) is 6.20 Å². The van der Waals surface area contributed by atoms with Crippen molar-refractivity contribution in [2.75, 3.05) is 0 Å². The first-order valence-electron chi connectivity index (χ1n) is 7.40. The minimum atomic E-state index is -0.561. The van der Waals surface area contributed by atoms with Crippen molar-refractivity contribution in [2.45, 2.75) is 19.9 Å². The van der Waals surface area contributed by atoms with Crippen LogP contribution in [0.1, 0.15) is 18.2 Å². The first-order valence-corrected chi connectivity index (χ1v) is 7.40. The maximum atomic E-state index is 11.9. The first-order chi connectivity index (χ1) is 11.5. The molecule has 0 spiro atoms. The summed E-state index contributed by atoms with van der Waals surface area (Å²) in [5, 5.41) is 7.55. The molecule has 1 atom stereocenters. The van der Waals surface area contributed by atoms with Crippen molar-refractivity contribution in [3.8, 4) is 0 Å². The van der Waals surface area contributed by atoms with Crippen LogP contribution in [0.2, 0.25) is 0 Å². The molecule has 24 heavy (non-hydrogen) atoms. The van der Waals surface area contributed by atoms with E-state index in [9.17, 15) is 9.59 Å². The molecule has 0 saturated carbocycles. The van der Waals surface area contributed by atoms with Gasteiger partial charge in [-0.15, -0.1) is 5.10 Å². The number of furan rings is 1. The molecule has 0 radical (unpaired) electrons. The highest BCUT2D eigenvalue weighted by Gasteiger charge is 2.35. The van der Waals surface area contributed by atoms with Crippen LogP contribution in [0, 0.1) is 6.92 Å². The fourth-order valence-corrected chi connectivity index (χ4v) is 2.65. The van der Waals surface area contributed by atoms with Crippen molar-refractivity contribution < 1.29 is 18.7 Å². The standard InChI is InChI=1S/C16H14N4O4/c1-8-10-5-3-4-6-11(10)23-13(8)14-19-18-12(24-14)7-20-15(21)9(2)17-16(20)22/h3-7,9,18H,1-2H3,(H,17,22). The molecule has 8 heteroatoms. The number of nitrogens with one attached hydrogen (secondary N) is 2. The largest absolute Gasteiger partial charge is 0.451 e. The number of carbonyl (C=O) groups is 2. The molecule has 2 aromatic rings. The molecule has 2 N–H and O–H groups in total. The molecule has 1 aromatic heterocycles. The van der Waals surface area contributed by atoms with Crippen molar-refractivity contribution in [2.24, 2.45) is 5.10 Å². The van der Waals surface area contributed by atoms with Crippen LogP contribution in [0.3, 0.4) is 0 Å². The van der Waals surface area contributed by atoms with Gasteiger partial charge in [-0.2, -0.15) is 0 Å². The Labute approximate surface area is 136 Å². The number of rotatable bonds is 2. The highest BCUT2D eigenvalue weighted by Crippen LogP contribution is 2.27. The van der Waals surface area contributed by atoms with Gasteiger partial charge < -0.3 is 14.5 Å². The third-order valence-electron chi connectivity index (χ3n) is 3.93. The molecule has 2 aliphatic heterocycles. The zero-order valence-corrected chi connectivity index (χ0v) is 13.0. The van der Waals surface area contributed by atoms with E-state index in [1.807, 2.05) is 31.2 Å². The van der Waals surface area contributed by atoms with Gasteiger partial charge in [0.15, 0.2) is 5.76 Å². The topological polar surface area (TPSA) is 96.2 Å². The van der Waals surface area contributed by atoms with Crippen LogP contribution in [0.15, 0.2) is 45.9 Å². The molecular formula is C16H14N4O4. The lowest BCUT2D eigenvalue weighted by atomic mass is 10.1. The summed E-state index contributed by atoms with van der Waals surface area (Å²) in [5.74, 6) is 0.557. The minimum absolute atomic E-state index is 0.169. The van der Waals surface area contributed by atoms with Gasteiger partial charge in [-0.05, 0) is 19.9 Å². The fourth-order valence-electron chi connectivity index (χ4n) is 2.65. The number of para-hydroxylation sites is 1. The number of imide groups is 1. The van der Waals surface area contributed by atoms with Gasteiger partial charge in [0, 0.05) is 10.9 Å². The molecule has 1 saturated heterocycles. The van der Waals surface area contributed by atoms with Crippen LogP contribution in [0.5, 0.6) is 0 Å². The summed E-state index contributed by atoms with van der Waals surface area (Å²) in [7, 11) is 0. The van der Waals surface area contributed by atoms with Crippen LogP contribution in [0.25, 0.3) is 11.0 Å². The van der Waals surface area contributed by atoms with Crippen molar-refractivity contribution in [1.82, 2.24) is 15.6 Å². The van der Waals surface area contributed by atoms with E-state index in [4.69, 9.17) is 9.15 Å². The smallest absolute Gasteiger partial charge is 0.329 e. The fraction of sp³-hybridized carbons (Fsp3) is 0.188. The van der Waals surface area contributed by atoms with Crippen molar-refractivity contribution in [3.05, 3.63) is 47.7 Å². The van der Waals surface area contributed by atoms with Gasteiger partial charge in [-0.25, -0.2) is 15.1 Å².